The van der Waals surface area contributed by atoms with Crippen LogP contribution in [0.15, 0.2) is 24.3 Å². The fraction of sp³-hybridized carbons (Fsp3) is 0.316. The Balaban J connectivity index is 2.56. The number of hydrogen-bond acceptors (Lipinski definition) is 2. The predicted octanol–water partition coefficient (Wildman–Crippen LogP) is 4.56. The van der Waals surface area contributed by atoms with Gasteiger partial charge in [-0.15, -0.1) is 0 Å². The largest absolute Gasteiger partial charge is 0.493 e. The van der Waals surface area contributed by atoms with Crippen LogP contribution in [-0.2, 0) is 11.2 Å². The summed E-state index contributed by atoms with van der Waals surface area (Å²) in [5, 5.41) is 0. The van der Waals surface area contributed by atoms with Gasteiger partial charge in [0.25, 0.3) is 0 Å². The van der Waals surface area contributed by atoms with E-state index in [1.54, 1.807) is 6.92 Å². The van der Waals surface area contributed by atoms with Crippen molar-refractivity contribution in [2.75, 3.05) is 7.11 Å². The lowest BCUT2D eigenvalue weighted by Gasteiger charge is -2.15. The first-order valence-corrected chi connectivity index (χ1v) is 7.27. The van der Waals surface area contributed by atoms with E-state index >= 15 is 0 Å². The Morgan fingerprint density at radius 2 is 1.64 bits per heavy atom. The van der Waals surface area contributed by atoms with Crippen molar-refractivity contribution in [3.8, 4) is 16.9 Å². The highest BCUT2D eigenvalue weighted by Gasteiger charge is 2.14. The van der Waals surface area contributed by atoms with Gasteiger partial charge in [0.2, 0.25) is 0 Å². The third kappa shape index (κ3) is 3.19. The molecule has 0 aliphatic rings. The van der Waals surface area contributed by atoms with Gasteiger partial charge in [-0.25, -0.2) is 4.39 Å². The number of carbonyl (C=O) groups is 1. The van der Waals surface area contributed by atoms with Gasteiger partial charge in [0.1, 0.15) is 5.78 Å². The molecule has 0 aliphatic heterocycles. The van der Waals surface area contributed by atoms with Crippen molar-refractivity contribution >= 4 is 5.78 Å². The second-order valence-corrected chi connectivity index (χ2v) is 5.79. The number of Topliss-reactive ketones (excluding diaryl/α,β-unsaturated/α-hetero) is 1. The van der Waals surface area contributed by atoms with Gasteiger partial charge in [-0.2, -0.15) is 0 Å². The van der Waals surface area contributed by atoms with E-state index in [1.807, 2.05) is 39.0 Å². The first-order valence-electron chi connectivity index (χ1n) is 7.27. The Hall–Kier alpha value is -2.16. The molecule has 0 fully saturated rings. The fourth-order valence-corrected chi connectivity index (χ4v) is 3.03. The molecule has 0 radical (unpaired) electrons. The molecule has 22 heavy (non-hydrogen) atoms. The average molecular weight is 300 g/mol. The number of hydrogen-bond donors (Lipinski definition) is 0. The molecule has 0 spiro atoms. The SMILES string of the molecule is COc1c(C)cc(-c2c(C)cc(CC(C)=O)cc2C)cc1F. The van der Waals surface area contributed by atoms with Crippen molar-refractivity contribution in [3.05, 3.63) is 52.3 Å². The highest BCUT2D eigenvalue weighted by atomic mass is 19.1. The number of carbonyl (C=O) groups excluding carboxylic acids is 1. The number of ketones is 1. The summed E-state index contributed by atoms with van der Waals surface area (Å²) in [4.78, 5) is 11.3. The Morgan fingerprint density at radius 1 is 1.05 bits per heavy atom. The van der Waals surface area contributed by atoms with Crippen molar-refractivity contribution in [2.45, 2.75) is 34.1 Å². The number of benzene rings is 2. The second-order valence-electron chi connectivity index (χ2n) is 5.79. The predicted molar refractivity (Wildman–Crippen MR) is 87.0 cm³/mol. The molecule has 2 nitrogen and oxygen atoms in total. The number of methoxy groups -OCH3 is 1. The molecule has 0 atom stereocenters. The van der Waals surface area contributed by atoms with Gasteiger partial charge in [0.05, 0.1) is 7.11 Å². The number of aryl methyl sites for hydroxylation is 3. The minimum absolute atomic E-state index is 0.137. The summed E-state index contributed by atoms with van der Waals surface area (Å²) in [6.07, 6.45) is 0.429. The van der Waals surface area contributed by atoms with E-state index < -0.39 is 0 Å². The molecule has 0 unspecified atom stereocenters. The lowest BCUT2D eigenvalue weighted by atomic mass is 9.91. The molecule has 2 aromatic rings. The van der Waals surface area contributed by atoms with Gasteiger partial charge in [0, 0.05) is 6.42 Å². The molecular weight excluding hydrogens is 279 g/mol. The Labute approximate surface area is 130 Å². The molecule has 0 amide bonds. The van der Waals surface area contributed by atoms with E-state index in [-0.39, 0.29) is 17.3 Å². The van der Waals surface area contributed by atoms with Crippen LogP contribution in [0.2, 0.25) is 0 Å². The quantitative estimate of drug-likeness (QED) is 0.827. The smallest absolute Gasteiger partial charge is 0.165 e. The molecule has 116 valence electrons. The lowest BCUT2D eigenvalue weighted by molar-refractivity contribution is -0.116. The van der Waals surface area contributed by atoms with Crippen molar-refractivity contribution in [3.63, 3.8) is 0 Å². The van der Waals surface area contributed by atoms with Crippen LogP contribution < -0.4 is 4.74 Å². The number of halogens is 1. The van der Waals surface area contributed by atoms with Gasteiger partial charge in [-0.3, -0.25) is 4.79 Å². The van der Waals surface area contributed by atoms with Gasteiger partial charge < -0.3 is 4.74 Å². The monoisotopic (exact) mass is 300 g/mol. The summed E-state index contributed by atoms with van der Waals surface area (Å²) in [5.41, 5.74) is 5.69. The molecule has 0 saturated heterocycles. The van der Waals surface area contributed by atoms with Crippen LogP contribution in [-0.4, -0.2) is 12.9 Å². The average Bonchev–Trinajstić information content (AvgIpc) is 2.36. The van der Waals surface area contributed by atoms with Crippen LogP contribution in [0, 0.1) is 26.6 Å². The van der Waals surface area contributed by atoms with Gasteiger partial charge in [0.15, 0.2) is 11.6 Å². The minimum atomic E-state index is -0.357. The third-order valence-electron chi connectivity index (χ3n) is 3.77. The zero-order chi connectivity index (χ0) is 16.4. The van der Waals surface area contributed by atoms with E-state index in [2.05, 4.69) is 0 Å². The minimum Gasteiger partial charge on any atom is -0.493 e. The normalized spacial score (nSPS) is 10.6. The Morgan fingerprint density at radius 3 is 2.09 bits per heavy atom. The second kappa shape index (κ2) is 6.30. The molecular formula is C19H21FO2. The lowest BCUT2D eigenvalue weighted by Crippen LogP contribution is -2.00. The van der Waals surface area contributed by atoms with E-state index in [9.17, 15) is 9.18 Å². The molecule has 2 aromatic carbocycles. The fourth-order valence-electron chi connectivity index (χ4n) is 3.03. The maximum absolute atomic E-state index is 14.1. The highest BCUT2D eigenvalue weighted by molar-refractivity contribution is 5.79. The summed E-state index contributed by atoms with van der Waals surface area (Å²) in [6, 6.07) is 7.44. The van der Waals surface area contributed by atoms with Crippen molar-refractivity contribution < 1.29 is 13.9 Å². The van der Waals surface area contributed by atoms with Crippen LogP contribution in [0.3, 0.4) is 0 Å². The van der Waals surface area contributed by atoms with Crippen LogP contribution in [0.25, 0.3) is 11.1 Å². The van der Waals surface area contributed by atoms with Crippen molar-refractivity contribution in [1.82, 2.24) is 0 Å². The van der Waals surface area contributed by atoms with Gasteiger partial charge in [-0.1, -0.05) is 12.1 Å². The van der Waals surface area contributed by atoms with Crippen LogP contribution in [0.1, 0.15) is 29.2 Å². The van der Waals surface area contributed by atoms with Crippen molar-refractivity contribution in [1.29, 1.82) is 0 Å². The molecule has 0 bridgehead atoms. The number of ether oxygens (including phenoxy) is 1. The summed E-state index contributed by atoms with van der Waals surface area (Å²) in [5.74, 6) is 0.0641. The third-order valence-corrected chi connectivity index (χ3v) is 3.77. The van der Waals surface area contributed by atoms with E-state index in [1.165, 1.54) is 13.2 Å². The molecule has 3 heteroatoms. The van der Waals surface area contributed by atoms with Crippen molar-refractivity contribution in [2.24, 2.45) is 0 Å². The Kier molecular flexibility index (Phi) is 4.65. The standard InChI is InChI=1S/C19H21FO2/c1-11-6-15(9-14(4)21)7-12(2)18(11)16-8-13(3)19(22-5)17(20)10-16/h6-8,10H,9H2,1-5H3. The maximum atomic E-state index is 14.1. The van der Waals surface area contributed by atoms with Crippen LogP contribution in [0.5, 0.6) is 5.75 Å². The Bertz CT molecular complexity index is 686. The first-order chi connectivity index (χ1) is 10.3. The summed E-state index contributed by atoms with van der Waals surface area (Å²) >= 11 is 0. The molecule has 0 N–H and O–H groups in total. The summed E-state index contributed by atoms with van der Waals surface area (Å²) < 4.78 is 19.2. The summed E-state index contributed by atoms with van der Waals surface area (Å²) in [7, 11) is 1.47. The molecule has 0 saturated carbocycles. The van der Waals surface area contributed by atoms with E-state index in [0.717, 1.165) is 33.4 Å². The van der Waals surface area contributed by atoms with Gasteiger partial charge in [-0.05, 0) is 73.2 Å². The molecule has 0 aliphatic carbocycles. The zero-order valence-corrected chi connectivity index (χ0v) is 13.7. The topological polar surface area (TPSA) is 26.3 Å². The highest BCUT2D eigenvalue weighted by Crippen LogP contribution is 2.33. The molecule has 0 aromatic heterocycles. The van der Waals surface area contributed by atoms with Crippen LogP contribution >= 0.6 is 0 Å². The van der Waals surface area contributed by atoms with Crippen LogP contribution in [0.4, 0.5) is 4.39 Å². The molecule has 0 heterocycles. The van der Waals surface area contributed by atoms with E-state index in [0.29, 0.717) is 6.42 Å². The molecule has 2 rings (SSSR count). The number of rotatable bonds is 4. The first kappa shape index (κ1) is 16.2. The zero-order valence-electron chi connectivity index (χ0n) is 13.7. The summed E-state index contributed by atoms with van der Waals surface area (Å²) in [6.45, 7) is 7.40. The van der Waals surface area contributed by atoms with Gasteiger partial charge >= 0.3 is 0 Å². The maximum Gasteiger partial charge on any atom is 0.165 e. The van der Waals surface area contributed by atoms with E-state index in [4.69, 9.17) is 4.74 Å².